The minimum atomic E-state index is -3.38. The Morgan fingerprint density at radius 2 is 1.72 bits per heavy atom. The lowest BCUT2D eigenvalue weighted by Crippen LogP contribution is -2.36. The molecule has 6 nitrogen and oxygen atoms in total. The largest absolute Gasteiger partial charge is 0.357 e. The Hall–Kier alpha value is -1.90. The summed E-state index contributed by atoms with van der Waals surface area (Å²) in [4.78, 5) is 7.29. The van der Waals surface area contributed by atoms with Gasteiger partial charge in [-0.2, -0.15) is 0 Å². The Bertz CT molecular complexity index is 905. The first kappa shape index (κ1) is 23.4. The molecule has 0 atom stereocenters. The maximum Gasteiger partial charge on any atom is 0.216 e. The quantitative estimate of drug-likeness (QED) is 0.394. The molecule has 0 fully saturated rings. The number of aliphatic imine (C=N–C) groups is 1. The number of nitrogens with zero attached hydrogens (tertiary/aromatic N) is 1. The molecule has 29 heavy (non-hydrogen) atoms. The molecule has 160 valence electrons. The SMILES string of the molecule is CCNC(=NCc1ccccc1CS(=O)(=O)NC(C)C)NCc1ccc(CC)s1. The highest BCUT2D eigenvalue weighted by Gasteiger charge is 2.15. The van der Waals surface area contributed by atoms with E-state index in [1.165, 1.54) is 9.75 Å². The molecule has 2 rings (SSSR count). The summed E-state index contributed by atoms with van der Waals surface area (Å²) in [6, 6.07) is 11.7. The average Bonchev–Trinajstić information content (AvgIpc) is 3.12. The van der Waals surface area contributed by atoms with Gasteiger partial charge in [0.2, 0.25) is 10.0 Å². The van der Waals surface area contributed by atoms with E-state index >= 15 is 0 Å². The molecule has 0 bridgehead atoms. The molecule has 0 aliphatic heterocycles. The van der Waals surface area contributed by atoms with Crippen LogP contribution < -0.4 is 15.4 Å². The Labute approximate surface area is 178 Å². The van der Waals surface area contributed by atoms with Crippen LogP contribution in [0.4, 0.5) is 0 Å². The summed E-state index contributed by atoms with van der Waals surface area (Å²) in [7, 11) is -3.38. The maximum atomic E-state index is 12.3. The van der Waals surface area contributed by atoms with Gasteiger partial charge in [-0.1, -0.05) is 31.2 Å². The highest BCUT2D eigenvalue weighted by atomic mass is 32.2. The molecule has 0 unspecified atom stereocenters. The van der Waals surface area contributed by atoms with Crippen molar-refractivity contribution < 1.29 is 8.42 Å². The molecule has 2 aromatic rings. The van der Waals surface area contributed by atoms with E-state index < -0.39 is 10.0 Å². The second-order valence-electron chi connectivity index (χ2n) is 7.07. The number of sulfonamides is 1. The fourth-order valence-corrected chi connectivity index (χ4v) is 5.23. The fraction of sp³-hybridized carbons (Fsp3) is 0.476. The summed E-state index contributed by atoms with van der Waals surface area (Å²) in [5.74, 6) is 0.674. The van der Waals surface area contributed by atoms with E-state index in [0.717, 1.165) is 30.1 Å². The summed E-state index contributed by atoms with van der Waals surface area (Å²) < 4.78 is 27.3. The summed E-state index contributed by atoms with van der Waals surface area (Å²) in [6.07, 6.45) is 1.05. The zero-order valence-corrected chi connectivity index (χ0v) is 19.3. The first-order valence-corrected chi connectivity index (χ1v) is 12.5. The van der Waals surface area contributed by atoms with Crippen molar-refractivity contribution in [2.75, 3.05) is 6.54 Å². The van der Waals surface area contributed by atoms with Gasteiger partial charge >= 0.3 is 0 Å². The zero-order chi connectivity index (χ0) is 21.3. The predicted molar refractivity (Wildman–Crippen MR) is 123 cm³/mol. The maximum absolute atomic E-state index is 12.3. The van der Waals surface area contributed by atoms with Gasteiger partial charge in [-0.05, 0) is 50.5 Å². The minimum Gasteiger partial charge on any atom is -0.357 e. The molecule has 0 aliphatic rings. The lowest BCUT2D eigenvalue weighted by atomic mass is 10.1. The van der Waals surface area contributed by atoms with Crippen molar-refractivity contribution in [3.8, 4) is 0 Å². The third kappa shape index (κ3) is 8.16. The minimum absolute atomic E-state index is 0.0458. The van der Waals surface area contributed by atoms with E-state index in [0.29, 0.717) is 13.1 Å². The van der Waals surface area contributed by atoms with Crippen molar-refractivity contribution >= 4 is 27.3 Å². The van der Waals surface area contributed by atoms with Crippen LogP contribution in [0, 0.1) is 0 Å². The molecular weight excluding hydrogens is 404 g/mol. The van der Waals surface area contributed by atoms with Gasteiger partial charge in [0.1, 0.15) is 0 Å². The van der Waals surface area contributed by atoms with Gasteiger partial charge < -0.3 is 10.6 Å². The molecule has 0 amide bonds. The molecule has 1 heterocycles. The van der Waals surface area contributed by atoms with Crippen LogP contribution in [-0.2, 0) is 35.3 Å². The standard InChI is InChI=1S/C21H32N4O2S2/c1-5-19-11-12-20(28-19)14-24-21(22-6-2)23-13-17-9-7-8-10-18(17)15-29(26,27)25-16(3)4/h7-12,16,25H,5-6,13-15H2,1-4H3,(H2,22,23,24). The van der Waals surface area contributed by atoms with Crippen LogP contribution in [0.15, 0.2) is 41.4 Å². The van der Waals surface area contributed by atoms with Crippen LogP contribution in [0.25, 0.3) is 0 Å². The second kappa shape index (κ2) is 11.3. The normalized spacial score (nSPS) is 12.4. The van der Waals surface area contributed by atoms with Crippen LogP contribution in [0.5, 0.6) is 0 Å². The summed E-state index contributed by atoms with van der Waals surface area (Å²) in [5, 5.41) is 6.61. The number of hydrogen-bond donors (Lipinski definition) is 3. The van der Waals surface area contributed by atoms with Crippen molar-refractivity contribution in [1.82, 2.24) is 15.4 Å². The van der Waals surface area contributed by atoms with Gasteiger partial charge in [0, 0.05) is 22.3 Å². The molecule has 0 aliphatic carbocycles. The first-order valence-electron chi connectivity index (χ1n) is 9.99. The monoisotopic (exact) mass is 436 g/mol. The smallest absolute Gasteiger partial charge is 0.216 e. The van der Waals surface area contributed by atoms with E-state index in [4.69, 9.17) is 0 Å². The van der Waals surface area contributed by atoms with E-state index in [1.54, 1.807) is 11.3 Å². The van der Waals surface area contributed by atoms with Gasteiger partial charge in [0.15, 0.2) is 5.96 Å². The van der Waals surface area contributed by atoms with Crippen molar-refractivity contribution in [1.29, 1.82) is 0 Å². The van der Waals surface area contributed by atoms with Gasteiger partial charge in [-0.15, -0.1) is 11.3 Å². The third-order valence-electron chi connectivity index (χ3n) is 4.13. The van der Waals surface area contributed by atoms with E-state index in [2.05, 4.69) is 39.4 Å². The number of guanidine groups is 1. The van der Waals surface area contributed by atoms with Crippen molar-refractivity contribution in [3.63, 3.8) is 0 Å². The zero-order valence-electron chi connectivity index (χ0n) is 17.7. The lowest BCUT2D eigenvalue weighted by molar-refractivity contribution is 0.569. The number of thiophene rings is 1. The number of benzene rings is 1. The Balaban J connectivity index is 2.08. The lowest BCUT2D eigenvalue weighted by Gasteiger charge is -2.13. The summed E-state index contributed by atoms with van der Waals surface area (Å²) in [5.41, 5.74) is 1.68. The van der Waals surface area contributed by atoms with E-state index in [1.807, 2.05) is 45.0 Å². The van der Waals surface area contributed by atoms with Crippen LogP contribution in [0.3, 0.4) is 0 Å². The summed E-state index contributed by atoms with van der Waals surface area (Å²) in [6.45, 7) is 9.69. The van der Waals surface area contributed by atoms with Gasteiger partial charge in [-0.25, -0.2) is 18.1 Å². The molecule has 1 aromatic carbocycles. The third-order valence-corrected chi connectivity index (χ3v) is 6.88. The Kier molecular flexibility index (Phi) is 9.13. The van der Waals surface area contributed by atoms with Gasteiger partial charge in [0.05, 0.1) is 18.8 Å². The van der Waals surface area contributed by atoms with E-state index in [9.17, 15) is 8.42 Å². The van der Waals surface area contributed by atoms with Crippen molar-refractivity contribution in [3.05, 3.63) is 57.3 Å². The topological polar surface area (TPSA) is 82.6 Å². The highest BCUT2D eigenvalue weighted by Crippen LogP contribution is 2.17. The summed E-state index contributed by atoms with van der Waals surface area (Å²) >= 11 is 1.80. The molecule has 1 aromatic heterocycles. The highest BCUT2D eigenvalue weighted by molar-refractivity contribution is 7.88. The second-order valence-corrected chi connectivity index (χ2v) is 10.1. The molecule has 8 heteroatoms. The van der Waals surface area contributed by atoms with Gasteiger partial charge in [-0.3, -0.25) is 0 Å². The number of rotatable bonds is 10. The van der Waals surface area contributed by atoms with Crippen LogP contribution in [0.1, 0.15) is 48.6 Å². The molecule has 3 N–H and O–H groups in total. The Morgan fingerprint density at radius 1 is 1.03 bits per heavy atom. The first-order chi connectivity index (χ1) is 13.8. The van der Waals surface area contributed by atoms with Crippen molar-refractivity contribution in [2.45, 2.75) is 59.0 Å². The number of hydrogen-bond acceptors (Lipinski definition) is 4. The number of nitrogens with one attached hydrogen (secondary N) is 3. The molecule has 0 saturated heterocycles. The molecule has 0 radical (unpaired) electrons. The van der Waals surface area contributed by atoms with E-state index in [-0.39, 0.29) is 11.8 Å². The fourth-order valence-electron chi connectivity index (χ4n) is 2.84. The van der Waals surface area contributed by atoms with Gasteiger partial charge in [0.25, 0.3) is 0 Å². The average molecular weight is 437 g/mol. The van der Waals surface area contributed by atoms with Crippen molar-refractivity contribution in [2.24, 2.45) is 4.99 Å². The van der Waals surface area contributed by atoms with Crippen LogP contribution >= 0.6 is 11.3 Å². The Morgan fingerprint density at radius 3 is 2.34 bits per heavy atom. The number of aryl methyl sites for hydroxylation is 1. The predicted octanol–water partition coefficient (Wildman–Crippen LogP) is 3.39. The van der Waals surface area contributed by atoms with Crippen LogP contribution in [-0.4, -0.2) is 27.0 Å². The molecule has 0 spiro atoms. The van der Waals surface area contributed by atoms with Crippen LogP contribution in [0.2, 0.25) is 0 Å². The molecule has 0 saturated carbocycles. The molecular formula is C21H32N4O2S2.